The number of halogens is 3. The first-order chi connectivity index (χ1) is 10.9. The Balaban J connectivity index is 1.83. The molecule has 130 valence electrons. The lowest BCUT2D eigenvalue weighted by Crippen LogP contribution is -2.36. The molecule has 0 bridgehead atoms. The van der Waals surface area contributed by atoms with Crippen LogP contribution < -0.4 is 5.32 Å². The lowest BCUT2D eigenvalue weighted by atomic mass is 9.97. The van der Waals surface area contributed by atoms with E-state index in [0.29, 0.717) is 0 Å². The first kappa shape index (κ1) is 18.1. The molecule has 1 N–H and O–H groups in total. The van der Waals surface area contributed by atoms with Crippen LogP contribution in [0.15, 0.2) is 5.16 Å². The quantitative estimate of drug-likeness (QED) is 0.848. The number of aromatic nitrogens is 3. The fraction of sp³-hybridized carbons (Fsp3) is 0.786. The summed E-state index contributed by atoms with van der Waals surface area (Å²) in [6.07, 6.45) is 3.26. The molecule has 0 aromatic carbocycles. The smallest absolute Gasteiger partial charge is 0.353 e. The van der Waals surface area contributed by atoms with Crippen molar-refractivity contribution in [3.8, 4) is 0 Å². The van der Waals surface area contributed by atoms with Gasteiger partial charge in [-0.2, -0.15) is 13.2 Å². The van der Waals surface area contributed by atoms with E-state index in [4.69, 9.17) is 0 Å². The fourth-order valence-corrected chi connectivity index (χ4v) is 3.41. The fourth-order valence-electron chi connectivity index (χ4n) is 2.69. The van der Waals surface area contributed by atoms with Gasteiger partial charge in [-0.15, -0.1) is 10.2 Å². The third-order valence-corrected chi connectivity index (χ3v) is 4.91. The van der Waals surface area contributed by atoms with Gasteiger partial charge in [-0.05, 0) is 12.8 Å². The maximum atomic E-state index is 12.6. The molecular formula is C14H21F3N4OS. The van der Waals surface area contributed by atoms with Crippen LogP contribution in [0.2, 0.25) is 0 Å². The molecule has 5 nitrogen and oxygen atoms in total. The molecule has 1 amide bonds. The Morgan fingerprint density at radius 1 is 1.22 bits per heavy atom. The molecule has 0 spiro atoms. The van der Waals surface area contributed by atoms with Crippen LogP contribution in [0.5, 0.6) is 0 Å². The van der Waals surface area contributed by atoms with Crippen LogP contribution in [0.3, 0.4) is 0 Å². The van der Waals surface area contributed by atoms with E-state index in [2.05, 4.69) is 15.5 Å². The second-order valence-electron chi connectivity index (χ2n) is 5.76. The Morgan fingerprint density at radius 2 is 1.83 bits per heavy atom. The van der Waals surface area contributed by atoms with Crippen molar-refractivity contribution in [2.24, 2.45) is 7.05 Å². The monoisotopic (exact) mass is 350 g/mol. The maximum absolute atomic E-state index is 12.6. The zero-order chi connectivity index (χ0) is 16.9. The minimum atomic E-state index is -4.54. The molecule has 1 saturated carbocycles. The van der Waals surface area contributed by atoms with Gasteiger partial charge >= 0.3 is 6.18 Å². The van der Waals surface area contributed by atoms with Crippen LogP contribution in [0.25, 0.3) is 0 Å². The Bertz CT molecular complexity index is 525. The zero-order valence-corrected chi connectivity index (χ0v) is 13.8. The van der Waals surface area contributed by atoms with Crippen molar-refractivity contribution >= 4 is 17.7 Å². The van der Waals surface area contributed by atoms with Gasteiger partial charge in [-0.3, -0.25) is 4.79 Å². The highest BCUT2D eigenvalue weighted by molar-refractivity contribution is 7.99. The SMILES string of the molecule is Cn1c(SCC(=O)NC2CCCCCCC2)nnc1C(F)(F)F. The van der Waals surface area contributed by atoms with Crippen molar-refractivity contribution in [2.45, 2.75) is 62.3 Å². The van der Waals surface area contributed by atoms with Crippen molar-refractivity contribution in [1.82, 2.24) is 20.1 Å². The highest BCUT2D eigenvalue weighted by Gasteiger charge is 2.37. The van der Waals surface area contributed by atoms with E-state index in [1.165, 1.54) is 26.3 Å². The molecule has 1 aliphatic carbocycles. The molecule has 23 heavy (non-hydrogen) atoms. The molecule has 2 rings (SSSR count). The first-order valence-electron chi connectivity index (χ1n) is 7.76. The first-order valence-corrected chi connectivity index (χ1v) is 8.75. The van der Waals surface area contributed by atoms with Crippen LogP contribution in [-0.4, -0.2) is 32.5 Å². The van der Waals surface area contributed by atoms with Gasteiger partial charge in [0, 0.05) is 13.1 Å². The van der Waals surface area contributed by atoms with Gasteiger partial charge in [0.15, 0.2) is 5.16 Å². The lowest BCUT2D eigenvalue weighted by molar-refractivity contribution is -0.147. The highest BCUT2D eigenvalue weighted by atomic mass is 32.2. The van der Waals surface area contributed by atoms with E-state index >= 15 is 0 Å². The van der Waals surface area contributed by atoms with Crippen molar-refractivity contribution in [2.75, 3.05) is 5.75 Å². The summed E-state index contributed by atoms with van der Waals surface area (Å²) in [5.74, 6) is -1.18. The number of nitrogens with zero attached hydrogens (tertiary/aromatic N) is 3. The summed E-state index contributed by atoms with van der Waals surface area (Å²) in [5.41, 5.74) is 0. The third kappa shape index (κ3) is 5.40. The summed E-state index contributed by atoms with van der Waals surface area (Å²) in [7, 11) is 1.25. The number of alkyl halides is 3. The Labute approximate surface area is 137 Å². The average Bonchev–Trinajstić information content (AvgIpc) is 2.80. The van der Waals surface area contributed by atoms with E-state index < -0.39 is 12.0 Å². The minimum absolute atomic E-state index is 0.0420. The highest BCUT2D eigenvalue weighted by Crippen LogP contribution is 2.29. The standard InChI is InChI=1S/C14H21F3N4OS/c1-21-12(14(15,16)17)19-20-13(21)23-9-11(22)18-10-7-5-3-2-4-6-8-10/h10H,2-9H2,1H3,(H,18,22). The number of hydrogen-bond acceptors (Lipinski definition) is 4. The van der Waals surface area contributed by atoms with Crippen molar-refractivity contribution in [3.05, 3.63) is 5.82 Å². The molecule has 1 aliphatic rings. The van der Waals surface area contributed by atoms with Gasteiger partial charge in [-0.25, -0.2) is 0 Å². The van der Waals surface area contributed by atoms with Gasteiger partial charge < -0.3 is 9.88 Å². The van der Waals surface area contributed by atoms with E-state index in [1.54, 1.807) is 0 Å². The van der Waals surface area contributed by atoms with Gasteiger partial charge in [-0.1, -0.05) is 43.9 Å². The number of rotatable bonds is 4. The average molecular weight is 350 g/mol. The van der Waals surface area contributed by atoms with Crippen LogP contribution in [0, 0.1) is 0 Å². The minimum Gasteiger partial charge on any atom is -0.353 e. The molecule has 1 aromatic heterocycles. The van der Waals surface area contributed by atoms with Crippen LogP contribution >= 0.6 is 11.8 Å². The molecule has 9 heteroatoms. The summed E-state index contributed by atoms with van der Waals surface area (Å²) in [6.45, 7) is 0. The van der Waals surface area contributed by atoms with Crippen molar-refractivity contribution in [1.29, 1.82) is 0 Å². The predicted octanol–water partition coefficient (Wildman–Crippen LogP) is 3.16. The number of carbonyl (C=O) groups excluding carboxylic acids is 1. The van der Waals surface area contributed by atoms with Crippen LogP contribution in [0.4, 0.5) is 13.2 Å². The lowest BCUT2D eigenvalue weighted by Gasteiger charge is -2.20. The summed E-state index contributed by atoms with van der Waals surface area (Å²) < 4.78 is 38.8. The topological polar surface area (TPSA) is 59.8 Å². The number of carbonyl (C=O) groups is 1. The Morgan fingerprint density at radius 3 is 2.39 bits per heavy atom. The molecule has 1 heterocycles. The number of amides is 1. The van der Waals surface area contributed by atoms with Gasteiger partial charge in [0.05, 0.1) is 5.75 Å². The second kappa shape index (κ2) is 8.03. The molecule has 1 fully saturated rings. The van der Waals surface area contributed by atoms with E-state index in [1.807, 2.05) is 0 Å². The molecule has 1 aromatic rings. The van der Waals surface area contributed by atoms with Crippen molar-refractivity contribution in [3.63, 3.8) is 0 Å². The largest absolute Gasteiger partial charge is 0.451 e. The van der Waals surface area contributed by atoms with Crippen LogP contribution in [-0.2, 0) is 18.0 Å². The second-order valence-corrected chi connectivity index (χ2v) is 6.70. The number of hydrogen-bond donors (Lipinski definition) is 1. The Kier molecular flexibility index (Phi) is 6.32. The maximum Gasteiger partial charge on any atom is 0.451 e. The summed E-state index contributed by atoms with van der Waals surface area (Å²) in [5, 5.41) is 9.71. The number of nitrogens with one attached hydrogen (secondary N) is 1. The van der Waals surface area contributed by atoms with Gasteiger partial charge in [0.1, 0.15) is 0 Å². The van der Waals surface area contributed by atoms with Crippen molar-refractivity contribution < 1.29 is 18.0 Å². The molecule has 0 aliphatic heterocycles. The van der Waals surface area contributed by atoms with E-state index in [0.717, 1.165) is 42.0 Å². The predicted molar refractivity (Wildman–Crippen MR) is 81.0 cm³/mol. The summed E-state index contributed by atoms with van der Waals surface area (Å²) in [4.78, 5) is 12.0. The normalized spacial score (nSPS) is 17.6. The molecule has 0 radical (unpaired) electrons. The molecule has 0 atom stereocenters. The Hall–Kier alpha value is -1.25. The van der Waals surface area contributed by atoms with E-state index in [-0.39, 0.29) is 22.9 Å². The van der Waals surface area contributed by atoms with Crippen LogP contribution in [0.1, 0.15) is 50.8 Å². The molecule has 0 unspecified atom stereocenters. The molecular weight excluding hydrogens is 329 g/mol. The summed E-state index contributed by atoms with van der Waals surface area (Å²) >= 11 is 0.967. The van der Waals surface area contributed by atoms with E-state index in [9.17, 15) is 18.0 Å². The van der Waals surface area contributed by atoms with Gasteiger partial charge in [0.25, 0.3) is 0 Å². The number of thioether (sulfide) groups is 1. The third-order valence-electron chi connectivity index (χ3n) is 3.89. The summed E-state index contributed by atoms with van der Waals surface area (Å²) in [6, 6.07) is 0.175. The molecule has 0 saturated heterocycles. The zero-order valence-electron chi connectivity index (χ0n) is 13.0. The van der Waals surface area contributed by atoms with Gasteiger partial charge in [0.2, 0.25) is 11.7 Å².